The van der Waals surface area contributed by atoms with E-state index in [1.165, 1.54) is 35.6 Å². The first kappa shape index (κ1) is 37.1. The second-order valence-electron chi connectivity index (χ2n) is 11.0. The Morgan fingerprint density at radius 2 is 1.88 bits per heavy atom. The van der Waals surface area contributed by atoms with Crippen molar-refractivity contribution in [3.63, 3.8) is 0 Å². The number of methoxy groups -OCH3 is 2. The first-order valence-electron chi connectivity index (χ1n) is 15.5. The maximum absolute atomic E-state index is 13.7. The summed E-state index contributed by atoms with van der Waals surface area (Å²) in [7, 11) is -1.02. The minimum Gasteiger partial charge on any atom is -0.466 e. The summed E-state index contributed by atoms with van der Waals surface area (Å²) in [4.78, 5) is 32.5. The first-order valence-corrected chi connectivity index (χ1v) is 17.7. The molecular weight excluding hydrogens is 715 g/mol. The number of anilines is 1. The third kappa shape index (κ3) is 7.77. The van der Waals surface area contributed by atoms with E-state index in [0.29, 0.717) is 36.8 Å². The van der Waals surface area contributed by atoms with Crippen molar-refractivity contribution in [2.75, 3.05) is 59.0 Å². The zero-order chi connectivity index (χ0) is 36.0. The van der Waals surface area contributed by atoms with Gasteiger partial charge in [0.2, 0.25) is 15.8 Å². The minimum atomic E-state index is -3.67. The molecule has 0 bridgehead atoms. The highest BCUT2D eigenvalue weighted by Crippen LogP contribution is 2.45. The lowest BCUT2D eigenvalue weighted by molar-refractivity contribution is -0.139. The number of benzene rings is 1. The lowest BCUT2D eigenvalue weighted by Gasteiger charge is -2.33. The molecule has 3 aromatic rings. The Morgan fingerprint density at radius 1 is 1.12 bits per heavy atom. The summed E-state index contributed by atoms with van der Waals surface area (Å²) in [6.07, 6.45) is 0.244. The van der Waals surface area contributed by atoms with E-state index in [1.54, 1.807) is 38.1 Å². The number of pyridine rings is 1. The largest absolute Gasteiger partial charge is 0.466 e. The van der Waals surface area contributed by atoms with Crippen LogP contribution < -0.4 is 10.6 Å². The number of halogens is 2. The number of allylic oxidation sites excluding steroid dienone is 1. The molecule has 0 radical (unpaired) electrons. The maximum atomic E-state index is 13.7. The molecule has 0 amide bonds. The SMILES string of the molecule is CCOC(=O)C1=C(C(OC)c2nnn(CCNc3ccc(S(=O)(=O)N4CCOCC4)cn3)n2)NC(C)=C(C(=O)OC)C1c1cccc(Cl)c1Cl. The van der Waals surface area contributed by atoms with Gasteiger partial charge in [-0.2, -0.15) is 9.10 Å². The molecule has 2 aliphatic rings. The van der Waals surface area contributed by atoms with Gasteiger partial charge in [0.1, 0.15) is 10.7 Å². The number of aromatic nitrogens is 5. The fraction of sp³-hybridized carbons (Fsp3) is 0.419. The molecule has 19 heteroatoms. The Balaban J connectivity index is 1.39. The van der Waals surface area contributed by atoms with Crippen molar-refractivity contribution in [2.24, 2.45) is 0 Å². The average Bonchev–Trinajstić information content (AvgIpc) is 3.58. The van der Waals surface area contributed by atoms with Crippen molar-refractivity contribution in [3.8, 4) is 0 Å². The number of tetrazole rings is 1. The molecule has 1 aromatic carbocycles. The molecule has 0 spiro atoms. The van der Waals surface area contributed by atoms with Gasteiger partial charge in [-0.1, -0.05) is 35.3 Å². The molecule has 50 heavy (non-hydrogen) atoms. The van der Waals surface area contributed by atoms with Crippen LogP contribution in [0.15, 0.2) is 64.0 Å². The molecule has 0 saturated carbocycles. The number of sulfonamides is 1. The van der Waals surface area contributed by atoms with Crippen molar-refractivity contribution < 1.29 is 37.0 Å². The van der Waals surface area contributed by atoms with E-state index < -0.39 is 34.0 Å². The number of nitrogens with zero attached hydrogens (tertiary/aromatic N) is 6. The lowest BCUT2D eigenvalue weighted by atomic mass is 9.79. The number of hydrogen-bond acceptors (Lipinski definition) is 14. The molecular formula is C31H36Cl2N8O8S. The van der Waals surface area contributed by atoms with Gasteiger partial charge in [-0.3, -0.25) is 0 Å². The molecule has 2 atom stereocenters. The van der Waals surface area contributed by atoms with Crippen LogP contribution in [0.3, 0.4) is 0 Å². The predicted molar refractivity (Wildman–Crippen MR) is 181 cm³/mol. The smallest absolute Gasteiger partial charge is 0.336 e. The van der Waals surface area contributed by atoms with E-state index in [9.17, 15) is 18.0 Å². The van der Waals surface area contributed by atoms with E-state index in [-0.39, 0.29) is 63.8 Å². The zero-order valence-electron chi connectivity index (χ0n) is 27.7. The monoisotopic (exact) mass is 750 g/mol. The van der Waals surface area contributed by atoms with E-state index >= 15 is 0 Å². The van der Waals surface area contributed by atoms with Gasteiger partial charge in [-0.15, -0.1) is 10.2 Å². The summed E-state index contributed by atoms with van der Waals surface area (Å²) in [5.41, 5.74) is 1.11. The molecule has 1 fully saturated rings. The standard InChI is InChI=1S/C31H36Cl2N8O8S/c1-5-49-31(43)25-24(20-7-6-8-21(32)26(20)33)23(30(42)47-4)18(2)36-27(25)28(46-3)29-37-39-41(38-29)12-11-34-22-10-9-19(17-35-22)50(44,45)40-13-15-48-16-14-40/h6-10,17,24,28,36H,5,11-16H2,1-4H3,(H,34,35). The molecule has 0 aliphatic carbocycles. The van der Waals surface area contributed by atoms with E-state index in [1.807, 2.05) is 0 Å². The molecule has 2 aromatic heterocycles. The quantitative estimate of drug-likeness (QED) is 0.243. The predicted octanol–water partition coefficient (Wildman–Crippen LogP) is 2.85. The maximum Gasteiger partial charge on any atom is 0.336 e. The van der Waals surface area contributed by atoms with Gasteiger partial charge in [0.15, 0.2) is 6.10 Å². The number of carbonyl (C=O) groups is 2. The summed E-state index contributed by atoms with van der Waals surface area (Å²) >= 11 is 13.0. The summed E-state index contributed by atoms with van der Waals surface area (Å²) in [6.45, 7) is 5.18. The van der Waals surface area contributed by atoms with E-state index in [4.69, 9.17) is 42.1 Å². The average molecular weight is 752 g/mol. The fourth-order valence-corrected chi connectivity index (χ4v) is 7.37. The molecule has 2 unspecified atom stereocenters. The van der Waals surface area contributed by atoms with Gasteiger partial charge in [-0.05, 0) is 42.8 Å². The number of hydrogen-bond donors (Lipinski definition) is 2. The van der Waals surface area contributed by atoms with Crippen LogP contribution in [-0.2, 0) is 45.1 Å². The first-order chi connectivity index (χ1) is 24.0. The highest BCUT2D eigenvalue weighted by atomic mass is 35.5. The third-order valence-corrected chi connectivity index (χ3v) is 10.7. The van der Waals surface area contributed by atoms with Crippen molar-refractivity contribution in [1.29, 1.82) is 0 Å². The van der Waals surface area contributed by atoms with Gasteiger partial charge in [0.05, 0.1) is 66.3 Å². The fourth-order valence-electron chi connectivity index (χ4n) is 5.60. The number of dihydropyridines is 1. The summed E-state index contributed by atoms with van der Waals surface area (Å²) in [5, 5.41) is 19.4. The highest BCUT2D eigenvalue weighted by molar-refractivity contribution is 7.89. The molecule has 5 rings (SSSR count). The van der Waals surface area contributed by atoms with E-state index in [2.05, 4.69) is 31.0 Å². The molecule has 16 nitrogen and oxygen atoms in total. The molecule has 1 saturated heterocycles. The Bertz CT molecular complexity index is 1900. The third-order valence-electron chi connectivity index (χ3n) is 7.95. The van der Waals surface area contributed by atoms with Crippen LogP contribution >= 0.6 is 23.2 Å². The van der Waals surface area contributed by atoms with Gasteiger partial charge in [0.25, 0.3) is 0 Å². The highest BCUT2D eigenvalue weighted by Gasteiger charge is 2.43. The Labute approximate surface area is 298 Å². The zero-order valence-corrected chi connectivity index (χ0v) is 30.0. The number of carbonyl (C=O) groups excluding carboxylic acids is 2. The Morgan fingerprint density at radius 3 is 2.54 bits per heavy atom. The molecule has 2 aliphatic heterocycles. The van der Waals surface area contributed by atoms with E-state index in [0.717, 1.165) is 0 Å². The van der Waals surface area contributed by atoms with Crippen LogP contribution in [0.2, 0.25) is 10.0 Å². The summed E-state index contributed by atoms with van der Waals surface area (Å²) < 4.78 is 48.8. The Kier molecular flexibility index (Phi) is 12.1. The topological polar surface area (TPSA) is 189 Å². The van der Waals surface area contributed by atoms with Crippen molar-refractivity contribution in [3.05, 3.63) is 80.5 Å². The van der Waals surface area contributed by atoms with Crippen LogP contribution in [-0.4, -0.2) is 104 Å². The molecule has 268 valence electrons. The number of esters is 2. The summed E-state index contributed by atoms with van der Waals surface area (Å²) in [6, 6.07) is 7.98. The Hall–Kier alpha value is -4.13. The van der Waals surface area contributed by atoms with Crippen molar-refractivity contribution >= 4 is 51.0 Å². The van der Waals surface area contributed by atoms with Gasteiger partial charge < -0.3 is 29.6 Å². The van der Waals surface area contributed by atoms with Crippen LogP contribution in [0.25, 0.3) is 0 Å². The molecule has 4 heterocycles. The van der Waals surface area contributed by atoms with Crippen LogP contribution in [0.4, 0.5) is 5.82 Å². The second kappa shape index (κ2) is 16.3. The van der Waals surface area contributed by atoms with Crippen LogP contribution in [0, 0.1) is 0 Å². The van der Waals surface area contributed by atoms with Crippen LogP contribution in [0.1, 0.15) is 37.3 Å². The number of rotatable bonds is 13. The van der Waals surface area contributed by atoms with Crippen molar-refractivity contribution in [1.82, 2.24) is 34.8 Å². The lowest BCUT2D eigenvalue weighted by Crippen LogP contribution is -2.40. The minimum absolute atomic E-state index is 0.0250. The van der Waals surface area contributed by atoms with Crippen LogP contribution in [0.5, 0.6) is 0 Å². The number of nitrogens with one attached hydrogen (secondary N) is 2. The number of morpholine rings is 1. The van der Waals surface area contributed by atoms with Crippen molar-refractivity contribution in [2.45, 2.75) is 37.3 Å². The molecule has 2 N–H and O–H groups in total. The van der Waals surface area contributed by atoms with Gasteiger partial charge in [0, 0.05) is 38.6 Å². The normalized spacial score (nSPS) is 17.7. The number of ether oxygens (including phenoxy) is 4. The second-order valence-corrected chi connectivity index (χ2v) is 13.7. The summed E-state index contributed by atoms with van der Waals surface area (Å²) in [5.74, 6) is -1.92. The van der Waals surface area contributed by atoms with Gasteiger partial charge >= 0.3 is 11.9 Å². The van der Waals surface area contributed by atoms with Gasteiger partial charge in [-0.25, -0.2) is 23.0 Å².